The van der Waals surface area contributed by atoms with Crippen LogP contribution in [0.15, 0.2) is 60.1 Å². The van der Waals surface area contributed by atoms with Crippen molar-refractivity contribution in [2.24, 2.45) is 17.8 Å². The van der Waals surface area contributed by atoms with Gasteiger partial charge in [-0.15, -0.1) is 0 Å². The first kappa shape index (κ1) is 17.9. The molecule has 2 aromatic heterocycles. The van der Waals surface area contributed by atoms with Crippen LogP contribution in [-0.4, -0.2) is 26.3 Å². The van der Waals surface area contributed by atoms with E-state index in [2.05, 4.69) is 27.1 Å². The molecular formula is C21H22N6O. The maximum Gasteiger partial charge on any atom is 0.298 e. The van der Waals surface area contributed by atoms with Gasteiger partial charge in [-0.05, 0) is 36.1 Å². The van der Waals surface area contributed by atoms with Gasteiger partial charge in [-0.2, -0.15) is 4.99 Å². The summed E-state index contributed by atoms with van der Waals surface area (Å²) < 4.78 is 1.71. The quantitative estimate of drug-likeness (QED) is 0.538. The van der Waals surface area contributed by atoms with Crippen molar-refractivity contribution in [3.63, 3.8) is 0 Å². The zero-order valence-corrected chi connectivity index (χ0v) is 15.7. The van der Waals surface area contributed by atoms with E-state index in [1.54, 1.807) is 29.4 Å². The van der Waals surface area contributed by atoms with Crippen molar-refractivity contribution in [2.45, 2.75) is 24.7 Å². The molecule has 3 aromatic rings. The lowest BCUT2D eigenvalue weighted by atomic mass is 9.63. The van der Waals surface area contributed by atoms with Crippen LogP contribution in [0.1, 0.15) is 35.3 Å². The van der Waals surface area contributed by atoms with Crippen LogP contribution in [0.4, 0.5) is 5.82 Å². The van der Waals surface area contributed by atoms with Crippen molar-refractivity contribution in [3.05, 3.63) is 66.4 Å². The van der Waals surface area contributed by atoms with E-state index in [4.69, 9.17) is 11.5 Å². The Labute approximate surface area is 163 Å². The second kappa shape index (κ2) is 6.92. The highest BCUT2D eigenvalue weighted by atomic mass is 16.1. The number of aryl methyl sites for hydroxylation is 1. The van der Waals surface area contributed by atoms with Gasteiger partial charge >= 0.3 is 0 Å². The Balaban J connectivity index is 1.61. The third-order valence-corrected chi connectivity index (χ3v) is 5.40. The number of amides is 1. The van der Waals surface area contributed by atoms with Crippen molar-refractivity contribution < 1.29 is 4.79 Å². The monoisotopic (exact) mass is 374 g/mol. The molecule has 0 radical (unpaired) electrons. The molecule has 1 aliphatic rings. The first-order chi connectivity index (χ1) is 13.5. The first-order valence-electron chi connectivity index (χ1n) is 9.17. The molecule has 1 aliphatic carbocycles. The topological polar surface area (TPSA) is 112 Å². The number of pyridine rings is 1. The number of imidazole rings is 1. The van der Waals surface area contributed by atoms with Crippen LogP contribution in [-0.2, 0) is 12.5 Å². The van der Waals surface area contributed by atoms with E-state index >= 15 is 0 Å². The summed E-state index contributed by atoms with van der Waals surface area (Å²) in [6.07, 6.45) is 7.77. The molecule has 142 valence electrons. The number of nitrogens with zero attached hydrogens (tertiary/aromatic N) is 4. The van der Waals surface area contributed by atoms with Gasteiger partial charge < -0.3 is 16.0 Å². The number of rotatable bonds is 4. The fraction of sp³-hybridized carbons (Fsp3) is 0.238. The predicted molar refractivity (Wildman–Crippen MR) is 109 cm³/mol. The Bertz CT molecular complexity index is 1030. The Hall–Kier alpha value is -3.48. The Kier molecular flexibility index (Phi) is 4.43. The molecule has 0 saturated heterocycles. The number of nitrogen functional groups attached to an aromatic ring is 1. The van der Waals surface area contributed by atoms with Gasteiger partial charge in [0.25, 0.3) is 5.91 Å². The summed E-state index contributed by atoms with van der Waals surface area (Å²) in [5.41, 5.74) is 15.0. The normalized spacial score (nSPS) is 15.8. The number of aliphatic imine (C=N–C) groups is 1. The summed E-state index contributed by atoms with van der Waals surface area (Å²) in [6.45, 7) is 0. The minimum Gasteiger partial charge on any atom is -0.386 e. The number of benzene rings is 1. The van der Waals surface area contributed by atoms with Gasteiger partial charge in [0, 0.05) is 25.0 Å². The van der Waals surface area contributed by atoms with Crippen molar-refractivity contribution >= 4 is 17.6 Å². The van der Waals surface area contributed by atoms with Crippen LogP contribution in [0, 0.1) is 0 Å². The van der Waals surface area contributed by atoms with E-state index in [1.165, 1.54) is 0 Å². The van der Waals surface area contributed by atoms with Gasteiger partial charge in [0.1, 0.15) is 17.3 Å². The maximum absolute atomic E-state index is 12.4. The van der Waals surface area contributed by atoms with E-state index < -0.39 is 5.91 Å². The highest BCUT2D eigenvalue weighted by Gasteiger charge is 2.42. The first-order valence-corrected chi connectivity index (χ1v) is 9.17. The second-order valence-electron chi connectivity index (χ2n) is 7.21. The highest BCUT2D eigenvalue weighted by molar-refractivity contribution is 6.05. The van der Waals surface area contributed by atoms with Gasteiger partial charge in [0.15, 0.2) is 0 Å². The summed E-state index contributed by atoms with van der Waals surface area (Å²) in [5.74, 6) is 0.445. The standard InChI is InChI=1S/C21H22N6O/c1-27-12-17(25-13-27)19(28)26-20(23)21(9-2-10-21)16-6-3-14(4-7-16)15-5-8-18(22)24-11-15/h3-8,11-13H,2,9-10H2,1H3,(H2,22,24)(H2,23,26,28). The molecule has 0 unspecified atom stereocenters. The van der Waals surface area contributed by atoms with E-state index in [0.29, 0.717) is 17.3 Å². The largest absolute Gasteiger partial charge is 0.386 e. The average molecular weight is 374 g/mol. The van der Waals surface area contributed by atoms with Crippen LogP contribution >= 0.6 is 0 Å². The molecule has 0 bridgehead atoms. The lowest BCUT2D eigenvalue weighted by molar-refractivity contribution is 0.0996. The molecule has 2 heterocycles. The molecule has 4 rings (SSSR count). The lowest BCUT2D eigenvalue weighted by Crippen LogP contribution is -2.47. The SMILES string of the molecule is Cn1cnc(C(=O)N=C(N)C2(c3ccc(-c4ccc(N)nc4)cc3)CCC2)c1. The van der Waals surface area contributed by atoms with Gasteiger partial charge in [-0.25, -0.2) is 9.97 Å². The maximum atomic E-state index is 12.4. The molecule has 7 nitrogen and oxygen atoms in total. The van der Waals surface area contributed by atoms with E-state index in [0.717, 1.165) is 36.0 Å². The number of hydrogen-bond donors (Lipinski definition) is 2. The summed E-state index contributed by atoms with van der Waals surface area (Å²) in [4.78, 5) is 24.8. The van der Waals surface area contributed by atoms with Crippen LogP contribution in [0.25, 0.3) is 11.1 Å². The van der Waals surface area contributed by atoms with E-state index in [-0.39, 0.29) is 5.41 Å². The third-order valence-electron chi connectivity index (χ3n) is 5.40. The number of amidine groups is 1. The molecule has 7 heteroatoms. The van der Waals surface area contributed by atoms with Crippen LogP contribution in [0.3, 0.4) is 0 Å². The smallest absolute Gasteiger partial charge is 0.298 e. The highest BCUT2D eigenvalue weighted by Crippen LogP contribution is 2.44. The lowest BCUT2D eigenvalue weighted by Gasteiger charge is -2.41. The molecule has 1 amide bonds. The second-order valence-corrected chi connectivity index (χ2v) is 7.21. The molecule has 0 aliphatic heterocycles. The van der Waals surface area contributed by atoms with Gasteiger partial charge in [0.05, 0.1) is 11.7 Å². The summed E-state index contributed by atoms with van der Waals surface area (Å²) in [6, 6.07) is 11.9. The molecular weight excluding hydrogens is 352 g/mol. The number of aromatic nitrogens is 3. The van der Waals surface area contributed by atoms with Crippen LogP contribution in [0.2, 0.25) is 0 Å². The average Bonchev–Trinajstić information content (AvgIpc) is 3.09. The molecule has 0 spiro atoms. The number of carbonyl (C=O) groups is 1. The number of anilines is 1. The fourth-order valence-corrected chi connectivity index (χ4v) is 3.58. The van der Waals surface area contributed by atoms with Crippen LogP contribution < -0.4 is 11.5 Å². The number of hydrogen-bond acceptors (Lipinski definition) is 4. The number of carbonyl (C=O) groups excluding carboxylic acids is 1. The molecule has 28 heavy (non-hydrogen) atoms. The Morgan fingerprint density at radius 3 is 2.36 bits per heavy atom. The van der Waals surface area contributed by atoms with Gasteiger partial charge in [-0.1, -0.05) is 30.7 Å². The molecule has 1 saturated carbocycles. The zero-order chi connectivity index (χ0) is 19.7. The Morgan fingerprint density at radius 2 is 1.82 bits per heavy atom. The minimum atomic E-state index is -0.408. The minimum absolute atomic E-state index is 0.297. The zero-order valence-electron chi connectivity index (χ0n) is 15.7. The fourth-order valence-electron chi connectivity index (χ4n) is 3.58. The molecule has 1 fully saturated rings. The van der Waals surface area contributed by atoms with Gasteiger partial charge in [-0.3, -0.25) is 4.79 Å². The van der Waals surface area contributed by atoms with Crippen molar-refractivity contribution in [1.82, 2.24) is 14.5 Å². The van der Waals surface area contributed by atoms with E-state index in [1.807, 2.05) is 25.2 Å². The number of nitrogens with two attached hydrogens (primary N) is 2. The summed E-state index contributed by atoms with van der Waals surface area (Å²) in [5, 5.41) is 0. The molecule has 0 atom stereocenters. The summed E-state index contributed by atoms with van der Waals surface area (Å²) >= 11 is 0. The van der Waals surface area contributed by atoms with Crippen molar-refractivity contribution in [3.8, 4) is 11.1 Å². The van der Waals surface area contributed by atoms with Crippen LogP contribution in [0.5, 0.6) is 0 Å². The summed E-state index contributed by atoms with van der Waals surface area (Å²) in [7, 11) is 1.81. The van der Waals surface area contributed by atoms with Gasteiger partial charge in [0.2, 0.25) is 0 Å². The predicted octanol–water partition coefficient (Wildman–Crippen LogP) is 2.68. The Morgan fingerprint density at radius 1 is 1.11 bits per heavy atom. The van der Waals surface area contributed by atoms with Crippen molar-refractivity contribution in [1.29, 1.82) is 0 Å². The third kappa shape index (κ3) is 3.15. The molecule has 4 N–H and O–H groups in total. The van der Waals surface area contributed by atoms with Crippen molar-refractivity contribution in [2.75, 3.05) is 5.73 Å². The van der Waals surface area contributed by atoms with E-state index in [9.17, 15) is 4.79 Å². The molecule has 1 aromatic carbocycles.